The summed E-state index contributed by atoms with van der Waals surface area (Å²) in [6, 6.07) is 20.6. The van der Waals surface area contributed by atoms with Gasteiger partial charge in [-0.2, -0.15) is 0 Å². The molecule has 0 radical (unpaired) electrons. The predicted octanol–water partition coefficient (Wildman–Crippen LogP) is 4.99. The molecule has 8 nitrogen and oxygen atoms in total. The van der Waals surface area contributed by atoms with E-state index in [4.69, 9.17) is 10.1 Å². The van der Waals surface area contributed by atoms with Crippen LogP contribution in [0.5, 0.6) is 11.5 Å². The Kier molecular flexibility index (Phi) is 8.83. The average molecular weight is 582 g/mol. The van der Waals surface area contributed by atoms with Gasteiger partial charge in [0.15, 0.2) is 23.9 Å². The zero-order chi connectivity index (χ0) is 26.7. The lowest BCUT2D eigenvalue weighted by atomic mass is 9.84. The number of Topliss-reactive ketones (excluding diaryl/α,β-unsaturated/α-hetero) is 1. The normalized spacial score (nSPS) is 11.2. The number of rotatable bonds is 8. The molecule has 3 aromatic carbocycles. The van der Waals surface area contributed by atoms with Crippen LogP contribution in [0.15, 0.2) is 66.7 Å². The minimum atomic E-state index is -0.603. The van der Waals surface area contributed by atoms with Crippen LogP contribution >= 0.6 is 17.0 Å². The molecular formula is C29H32BrN3O5. The number of nitrogens with one attached hydrogen (secondary N) is 1. The number of benzene rings is 3. The number of carbonyl (C=O) groups is 2. The Morgan fingerprint density at radius 1 is 0.947 bits per heavy atom. The molecule has 0 spiro atoms. The number of methoxy groups -OCH3 is 1. The summed E-state index contributed by atoms with van der Waals surface area (Å²) in [5.41, 5.74) is 3.21. The standard InChI is InChI=1S/C29H31N3O5.BrH/c1-29(2,3)21-14-20(15-25(27(21)35)37-18-26(34)36-4)24(33)17-32-23-13-9-8-12-22(23)31(28(32)30)16-19-10-6-5-7-11-19;/h5-15,30,35H,16-18H2,1-4H3;1H. The van der Waals surface area contributed by atoms with Crippen molar-refractivity contribution in [2.24, 2.45) is 0 Å². The van der Waals surface area contributed by atoms with Crippen molar-refractivity contribution in [2.75, 3.05) is 13.7 Å². The van der Waals surface area contributed by atoms with Crippen LogP contribution in [0.1, 0.15) is 42.3 Å². The quantitative estimate of drug-likeness (QED) is 0.225. The zero-order valence-electron chi connectivity index (χ0n) is 21.9. The van der Waals surface area contributed by atoms with Crippen molar-refractivity contribution in [2.45, 2.75) is 39.3 Å². The fraction of sp³-hybridized carbons (Fsp3) is 0.276. The highest BCUT2D eigenvalue weighted by Gasteiger charge is 2.25. The Hall–Kier alpha value is -3.85. The third-order valence-electron chi connectivity index (χ3n) is 6.24. The van der Waals surface area contributed by atoms with E-state index in [1.165, 1.54) is 13.2 Å². The zero-order valence-corrected chi connectivity index (χ0v) is 23.6. The molecule has 4 rings (SSSR count). The van der Waals surface area contributed by atoms with Crippen LogP contribution in [0, 0.1) is 5.41 Å². The molecule has 0 atom stereocenters. The van der Waals surface area contributed by atoms with Gasteiger partial charge in [0.2, 0.25) is 5.62 Å². The van der Waals surface area contributed by atoms with Crippen LogP contribution < -0.4 is 10.4 Å². The first-order chi connectivity index (χ1) is 17.6. The van der Waals surface area contributed by atoms with Crippen molar-refractivity contribution in [3.8, 4) is 11.5 Å². The van der Waals surface area contributed by atoms with Crippen molar-refractivity contribution in [3.63, 3.8) is 0 Å². The fourth-order valence-electron chi connectivity index (χ4n) is 4.26. The Bertz CT molecular complexity index is 1520. The third-order valence-corrected chi connectivity index (χ3v) is 6.24. The summed E-state index contributed by atoms with van der Waals surface area (Å²) in [4.78, 5) is 25.2. The average Bonchev–Trinajstić information content (AvgIpc) is 3.13. The summed E-state index contributed by atoms with van der Waals surface area (Å²) in [5, 5.41) is 19.7. The highest BCUT2D eigenvalue weighted by molar-refractivity contribution is 8.93. The molecule has 0 saturated carbocycles. The number of aromatic nitrogens is 2. The number of hydrogen-bond acceptors (Lipinski definition) is 6. The molecule has 0 aliphatic heterocycles. The predicted molar refractivity (Wildman–Crippen MR) is 150 cm³/mol. The number of ketones is 1. The van der Waals surface area contributed by atoms with Gasteiger partial charge in [-0.25, -0.2) is 4.79 Å². The van der Waals surface area contributed by atoms with E-state index in [0.29, 0.717) is 17.7 Å². The van der Waals surface area contributed by atoms with Crippen LogP contribution in [-0.2, 0) is 28.0 Å². The number of hydrogen-bond donors (Lipinski definition) is 2. The topological polar surface area (TPSA) is 107 Å². The van der Waals surface area contributed by atoms with E-state index in [1.54, 1.807) is 10.6 Å². The second-order valence-electron chi connectivity index (χ2n) is 9.88. The molecule has 1 aromatic heterocycles. The molecule has 0 amide bonds. The highest BCUT2D eigenvalue weighted by atomic mass is 79.9. The van der Waals surface area contributed by atoms with E-state index >= 15 is 0 Å². The van der Waals surface area contributed by atoms with Gasteiger partial charge in [-0.1, -0.05) is 63.2 Å². The number of halogens is 1. The maximum absolute atomic E-state index is 13.6. The summed E-state index contributed by atoms with van der Waals surface area (Å²) < 4.78 is 13.7. The molecular weight excluding hydrogens is 550 g/mol. The number of fused-ring (bicyclic) bond motifs is 1. The first kappa shape index (κ1) is 28.7. The lowest BCUT2D eigenvalue weighted by Crippen LogP contribution is -2.28. The van der Waals surface area contributed by atoms with Gasteiger partial charge in [0.05, 0.1) is 31.2 Å². The number of phenolic OH excluding ortho intramolecular Hbond substituents is 1. The van der Waals surface area contributed by atoms with Gasteiger partial charge in [-0.15, -0.1) is 17.0 Å². The molecule has 0 fully saturated rings. The summed E-state index contributed by atoms with van der Waals surface area (Å²) in [6.45, 7) is 5.76. The smallest absolute Gasteiger partial charge is 0.343 e. The second kappa shape index (κ2) is 11.7. The third kappa shape index (κ3) is 5.99. The second-order valence-corrected chi connectivity index (χ2v) is 9.88. The van der Waals surface area contributed by atoms with E-state index in [1.807, 2.05) is 79.9 Å². The summed E-state index contributed by atoms with van der Waals surface area (Å²) in [7, 11) is 1.25. The molecule has 0 saturated heterocycles. The number of esters is 1. The number of aromatic hydroxyl groups is 1. The largest absolute Gasteiger partial charge is 0.504 e. The molecule has 0 bridgehead atoms. The number of carbonyl (C=O) groups excluding carboxylic acids is 2. The van der Waals surface area contributed by atoms with Crippen molar-refractivity contribution < 1.29 is 24.2 Å². The minimum absolute atomic E-state index is 0. The molecule has 4 aromatic rings. The van der Waals surface area contributed by atoms with Crippen molar-refractivity contribution in [3.05, 3.63) is 89.0 Å². The number of phenols is 1. The lowest BCUT2D eigenvalue weighted by Gasteiger charge is -2.23. The SMILES string of the molecule is Br.COC(=O)COc1cc(C(=O)Cn2c(=N)n(Cc3ccccc3)c3ccccc32)cc(C(C)(C)C)c1O. The Morgan fingerprint density at radius 3 is 2.16 bits per heavy atom. The van der Waals surface area contributed by atoms with Crippen molar-refractivity contribution in [1.29, 1.82) is 5.41 Å². The minimum Gasteiger partial charge on any atom is -0.504 e. The molecule has 9 heteroatoms. The van der Waals surface area contributed by atoms with E-state index in [9.17, 15) is 14.7 Å². The first-order valence-electron chi connectivity index (χ1n) is 12.0. The van der Waals surface area contributed by atoms with Gasteiger partial charge in [0.1, 0.15) is 0 Å². The van der Waals surface area contributed by atoms with Crippen LogP contribution in [0.3, 0.4) is 0 Å². The fourth-order valence-corrected chi connectivity index (χ4v) is 4.26. The molecule has 0 unspecified atom stereocenters. The molecule has 38 heavy (non-hydrogen) atoms. The lowest BCUT2D eigenvalue weighted by molar-refractivity contribution is -0.142. The van der Waals surface area contributed by atoms with Gasteiger partial charge < -0.3 is 23.7 Å². The molecule has 0 aliphatic rings. The molecule has 200 valence electrons. The van der Waals surface area contributed by atoms with Gasteiger partial charge in [0, 0.05) is 11.1 Å². The van der Waals surface area contributed by atoms with Crippen LogP contribution in [0.2, 0.25) is 0 Å². The van der Waals surface area contributed by atoms with Gasteiger partial charge in [-0.3, -0.25) is 10.2 Å². The van der Waals surface area contributed by atoms with E-state index in [0.717, 1.165) is 16.6 Å². The highest BCUT2D eigenvalue weighted by Crippen LogP contribution is 2.39. The van der Waals surface area contributed by atoms with Gasteiger partial charge >= 0.3 is 5.97 Å². The Balaban J connectivity index is 0.00000400. The van der Waals surface area contributed by atoms with Crippen LogP contribution in [0.4, 0.5) is 0 Å². The van der Waals surface area contributed by atoms with E-state index in [2.05, 4.69) is 4.74 Å². The number of para-hydroxylation sites is 2. The van der Waals surface area contributed by atoms with Crippen molar-refractivity contribution >= 4 is 39.8 Å². The van der Waals surface area contributed by atoms with Crippen LogP contribution in [-0.4, -0.2) is 39.7 Å². The van der Waals surface area contributed by atoms with E-state index in [-0.39, 0.29) is 46.4 Å². The summed E-state index contributed by atoms with van der Waals surface area (Å²) in [5.74, 6) is -0.950. The Morgan fingerprint density at radius 2 is 1.55 bits per heavy atom. The molecule has 1 heterocycles. The number of nitrogens with zero attached hydrogens (tertiary/aromatic N) is 2. The number of imidazole rings is 1. The maximum atomic E-state index is 13.6. The molecule has 2 N–H and O–H groups in total. The van der Waals surface area contributed by atoms with Gasteiger partial charge in [-0.05, 0) is 35.2 Å². The first-order valence-corrected chi connectivity index (χ1v) is 12.0. The van der Waals surface area contributed by atoms with Crippen molar-refractivity contribution in [1.82, 2.24) is 9.13 Å². The number of ether oxygens (including phenoxy) is 2. The van der Waals surface area contributed by atoms with Crippen LogP contribution in [0.25, 0.3) is 11.0 Å². The molecule has 0 aliphatic carbocycles. The Labute approximate surface area is 231 Å². The maximum Gasteiger partial charge on any atom is 0.343 e. The van der Waals surface area contributed by atoms with E-state index < -0.39 is 18.0 Å². The monoisotopic (exact) mass is 581 g/mol. The summed E-state index contributed by atoms with van der Waals surface area (Å²) >= 11 is 0. The van der Waals surface area contributed by atoms with Gasteiger partial charge in [0.25, 0.3) is 0 Å². The summed E-state index contributed by atoms with van der Waals surface area (Å²) in [6.07, 6.45) is 0.